The summed E-state index contributed by atoms with van der Waals surface area (Å²) in [5.41, 5.74) is 0.993. The topological polar surface area (TPSA) is 54.4 Å². The second-order valence-corrected chi connectivity index (χ2v) is 11.7. The number of aliphatic imine (C=N–C) groups is 1. The quantitative estimate of drug-likeness (QED) is 0.572. The van der Waals surface area contributed by atoms with Crippen LogP contribution in [0, 0.1) is 17.8 Å². The number of amidine groups is 1. The molecule has 1 amide bonds. The second kappa shape index (κ2) is 8.56. The molecule has 5 fully saturated rings. The number of nitrogens with zero attached hydrogens (tertiary/aromatic N) is 3. The Balaban J connectivity index is 0.00000228. The molecule has 1 unspecified atom stereocenters. The van der Waals surface area contributed by atoms with Gasteiger partial charge < -0.3 is 14.4 Å². The summed E-state index contributed by atoms with van der Waals surface area (Å²) in [6.07, 6.45) is 8.02. The molecule has 4 saturated carbocycles. The molecular weight excluding hydrogens is 458 g/mol. The van der Waals surface area contributed by atoms with Gasteiger partial charge in [-0.2, -0.15) is 0 Å². The Morgan fingerprint density at radius 1 is 1.12 bits per heavy atom. The third-order valence-corrected chi connectivity index (χ3v) is 9.10. The van der Waals surface area contributed by atoms with E-state index in [2.05, 4.69) is 18.7 Å². The van der Waals surface area contributed by atoms with Gasteiger partial charge in [0.05, 0.1) is 5.54 Å². The smallest absolute Gasteiger partial charge is 0.231 e. The zero-order valence-electron chi connectivity index (χ0n) is 19.7. The second-order valence-electron chi connectivity index (χ2n) is 10.8. The Hall–Kier alpha value is -1.60. The van der Waals surface area contributed by atoms with E-state index in [9.17, 15) is 4.79 Å². The third-order valence-electron chi connectivity index (χ3n) is 8.07. The van der Waals surface area contributed by atoms with Crippen molar-refractivity contribution in [3.8, 4) is 11.5 Å². The van der Waals surface area contributed by atoms with Gasteiger partial charge in [0, 0.05) is 30.5 Å². The third kappa shape index (κ3) is 3.99. The van der Waals surface area contributed by atoms with Gasteiger partial charge in [0.1, 0.15) is 6.17 Å². The zero-order valence-corrected chi connectivity index (χ0v) is 21.3. The molecule has 1 saturated heterocycles. The van der Waals surface area contributed by atoms with Crippen molar-refractivity contribution in [2.75, 3.05) is 17.4 Å². The molecule has 1 aromatic carbocycles. The number of thioether (sulfide) groups is 1. The highest BCUT2D eigenvalue weighted by Crippen LogP contribution is 2.57. The van der Waals surface area contributed by atoms with Gasteiger partial charge in [-0.15, -0.1) is 12.4 Å². The van der Waals surface area contributed by atoms with Crippen molar-refractivity contribution in [2.45, 2.75) is 77.0 Å². The molecule has 8 heteroatoms. The fourth-order valence-electron chi connectivity index (χ4n) is 7.29. The summed E-state index contributed by atoms with van der Waals surface area (Å²) in [5.74, 6) is 4.95. The number of fused-ring (bicyclic) bond motifs is 1. The van der Waals surface area contributed by atoms with Gasteiger partial charge in [-0.3, -0.25) is 14.7 Å². The predicted molar refractivity (Wildman–Crippen MR) is 135 cm³/mol. The molecule has 0 N–H and O–H groups in total. The van der Waals surface area contributed by atoms with E-state index in [1.54, 1.807) is 6.92 Å². The van der Waals surface area contributed by atoms with Crippen LogP contribution in [0.4, 0.5) is 5.69 Å². The van der Waals surface area contributed by atoms with Crippen LogP contribution in [0.25, 0.3) is 0 Å². The number of halogens is 1. The van der Waals surface area contributed by atoms with E-state index in [1.165, 1.54) is 38.5 Å². The molecule has 33 heavy (non-hydrogen) atoms. The fourth-order valence-corrected chi connectivity index (χ4v) is 8.64. The van der Waals surface area contributed by atoms with E-state index >= 15 is 0 Å². The minimum atomic E-state index is -0.0504. The number of carbonyl (C=O) groups excluding carboxylic acids is 1. The number of anilines is 1. The molecule has 4 aliphatic carbocycles. The van der Waals surface area contributed by atoms with Crippen molar-refractivity contribution in [3.05, 3.63) is 18.2 Å². The molecule has 7 rings (SSSR count). The van der Waals surface area contributed by atoms with E-state index in [-0.39, 0.29) is 42.9 Å². The van der Waals surface area contributed by atoms with Crippen LogP contribution in [0.5, 0.6) is 11.5 Å². The van der Waals surface area contributed by atoms with E-state index in [1.807, 2.05) is 34.9 Å². The number of rotatable bonds is 4. The largest absolute Gasteiger partial charge is 0.454 e. The normalized spacial score (nSPS) is 34.8. The maximum absolute atomic E-state index is 12.9. The van der Waals surface area contributed by atoms with Crippen LogP contribution < -0.4 is 14.4 Å². The highest BCUT2D eigenvalue weighted by molar-refractivity contribution is 8.14. The van der Waals surface area contributed by atoms with Crippen molar-refractivity contribution < 1.29 is 14.3 Å². The van der Waals surface area contributed by atoms with Crippen LogP contribution in [0.2, 0.25) is 0 Å². The van der Waals surface area contributed by atoms with Crippen molar-refractivity contribution in [1.29, 1.82) is 0 Å². The average molecular weight is 492 g/mol. The first-order valence-corrected chi connectivity index (χ1v) is 13.1. The molecule has 0 radical (unpaired) electrons. The number of hydrogen-bond donors (Lipinski definition) is 0. The van der Waals surface area contributed by atoms with Crippen molar-refractivity contribution in [1.82, 2.24) is 4.90 Å². The lowest BCUT2D eigenvalue weighted by molar-refractivity contribution is -0.117. The Morgan fingerprint density at radius 3 is 2.36 bits per heavy atom. The lowest BCUT2D eigenvalue weighted by atomic mass is 9.53. The minimum absolute atomic E-state index is 0. The van der Waals surface area contributed by atoms with E-state index < -0.39 is 0 Å². The average Bonchev–Trinajstić information content (AvgIpc) is 3.33. The van der Waals surface area contributed by atoms with E-state index in [0.717, 1.165) is 40.1 Å². The molecular formula is C25H34ClN3O3S. The van der Waals surface area contributed by atoms with Crippen molar-refractivity contribution >= 4 is 40.9 Å². The Labute approximate surface area is 206 Å². The molecule has 4 bridgehead atoms. The fraction of sp³-hybridized carbons (Fsp3) is 0.680. The van der Waals surface area contributed by atoms with Gasteiger partial charge >= 0.3 is 0 Å². The van der Waals surface area contributed by atoms with Crippen LogP contribution in [-0.4, -0.2) is 46.3 Å². The van der Waals surface area contributed by atoms with Gasteiger partial charge in [-0.1, -0.05) is 11.8 Å². The summed E-state index contributed by atoms with van der Waals surface area (Å²) in [6, 6.07) is 6.06. The zero-order chi connectivity index (χ0) is 22.0. The number of ether oxygens (including phenoxy) is 2. The summed E-state index contributed by atoms with van der Waals surface area (Å²) in [4.78, 5) is 22.7. The number of hydrogen-bond acceptors (Lipinski definition) is 5. The van der Waals surface area contributed by atoms with Gasteiger partial charge in [0.25, 0.3) is 0 Å². The highest BCUT2D eigenvalue weighted by atomic mass is 35.5. The van der Waals surface area contributed by atoms with Gasteiger partial charge in [-0.25, -0.2) is 0 Å². The van der Waals surface area contributed by atoms with Gasteiger partial charge in [-0.05, 0) is 82.3 Å². The summed E-state index contributed by atoms with van der Waals surface area (Å²) in [7, 11) is 0. The summed E-state index contributed by atoms with van der Waals surface area (Å²) < 4.78 is 11.1. The van der Waals surface area contributed by atoms with E-state index in [0.29, 0.717) is 5.75 Å². The van der Waals surface area contributed by atoms with Crippen molar-refractivity contribution in [2.24, 2.45) is 22.7 Å². The maximum Gasteiger partial charge on any atom is 0.231 e. The predicted octanol–water partition coefficient (Wildman–Crippen LogP) is 5.30. The standard InChI is InChI=1S/C25H33N3O3S.ClH/c1-15(2)27-23(28(16(3)29)20-4-5-21-22(9-20)31-14-30-21)13-32-24(27)26-25-10-17-6-18(11-25)8-19(7-17)12-25;/h4-5,9,15,17-19,23H,6-8,10-14H2,1-3H3;1H. The number of carbonyl (C=O) groups is 1. The Kier molecular flexibility index (Phi) is 6.01. The van der Waals surface area contributed by atoms with Crippen LogP contribution >= 0.6 is 24.2 Å². The number of amides is 1. The molecule has 1 aromatic rings. The molecule has 2 heterocycles. The van der Waals surface area contributed by atoms with Crippen LogP contribution in [0.3, 0.4) is 0 Å². The molecule has 6 nitrogen and oxygen atoms in total. The van der Waals surface area contributed by atoms with Crippen LogP contribution in [-0.2, 0) is 4.79 Å². The lowest BCUT2D eigenvalue weighted by Gasteiger charge is -2.55. The maximum atomic E-state index is 12.9. The van der Waals surface area contributed by atoms with Crippen LogP contribution in [0.15, 0.2) is 23.2 Å². The van der Waals surface area contributed by atoms with Gasteiger partial charge in [0.15, 0.2) is 16.7 Å². The summed E-state index contributed by atoms with van der Waals surface area (Å²) >= 11 is 1.83. The molecule has 180 valence electrons. The first-order chi connectivity index (χ1) is 15.4. The Morgan fingerprint density at radius 2 is 1.76 bits per heavy atom. The lowest BCUT2D eigenvalue weighted by Crippen LogP contribution is -2.54. The SMILES string of the molecule is CC(=O)N(c1ccc2c(c1)OCO2)C1CSC(=NC23CC4CC(CC(C4)C2)C3)N1C(C)C.Cl. The molecule has 1 atom stereocenters. The monoisotopic (exact) mass is 491 g/mol. The highest BCUT2D eigenvalue weighted by Gasteiger charge is 2.52. The first kappa shape index (κ1) is 23.2. The summed E-state index contributed by atoms with van der Waals surface area (Å²) in [5, 5.41) is 1.14. The Bertz CT molecular complexity index is 933. The van der Waals surface area contributed by atoms with Crippen molar-refractivity contribution in [3.63, 3.8) is 0 Å². The molecule has 6 aliphatic rings. The minimum Gasteiger partial charge on any atom is -0.454 e. The molecule has 0 aromatic heterocycles. The molecule has 0 spiro atoms. The first-order valence-electron chi connectivity index (χ1n) is 12.1. The number of benzene rings is 1. The molecule has 2 aliphatic heterocycles. The summed E-state index contributed by atoms with van der Waals surface area (Å²) in [6.45, 7) is 6.32. The van der Waals surface area contributed by atoms with E-state index in [4.69, 9.17) is 14.5 Å². The van der Waals surface area contributed by atoms with Crippen LogP contribution in [0.1, 0.15) is 59.3 Å². The van der Waals surface area contributed by atoms with Gasteiger partial charge in [0.2, 0.25) is 12.7 Å².